The number of allylic oxidation sites excluding steroid dienone is 2. The molecule has 1 N–H and O–H groups in total. The first kappa shape index (κ1) is 11.2. The Morgan fingerprint density at radius 3 is 1.94 bits per heavy atom. The Bertz CT molecular complexity index is 510. The van der Waals surface area contributed by atoms with Crippen molar-refractivity contribution in [2.75, 3.05) is 0 Å². The third kappa shape index (κ3) is 1.44. The Labute approximate surface area is 101 Å². The molecule has 0 amide bonds. The highest BCUT2D eigenvalue weighted by atomic mass is 35.5. The molecule has 0 aliphatic heterocycles. The van der Waals surface area contributed by atoms with Crippen LogP contribution in [0, 0.1) is 0 Å². The van der Waals surface area contributed by atoms with Gasteiger partial charge in [0.15, 0.2) is 11.5 Å². The van der Waals surface area contributed by atoms with Crippen LogP contribution >= 0.6 is 23.2 Å². The smallest absolute Gasteiger partial charge is 0.228 e. The number of hydrogen-bond acceptors (Lipinski definition) is 3. The van der Waals surface area contributed by atoms with Crippen LogP contribution in [0.25, 0.3) is 0 Å². The number of aliphatic hydroxyl groups excluding tert-OH is 1. The molecule has 0 heterocycles. The van der Waals surface area contributed by atoms with Crippen LogP contribution in [0.15, 0.2) is 23.5 Å². The Hall–Kier alpha value is -1.32. The van der Waals surface area contributed by atoms with Gasteiger partial charge in [-0.05, 0) is 19.1 Å². The molecule has 16 heavy (non-hydrogen) atoms. The van der Waals surface area contributed by atoms with Gasteiger partial charge in [-0.15, -0.1) is 0 Å². The minimum absolute atomic E-state index is 0.0240. The Morgan fingerprint density at radius 1 is 1.00 bits per heavy atom. The molecule has 0 unspecified atom stereocenters. The zero-order valence-corrected chi connectivity index (χ0v) is 9.69. The van der Waals surface area contributed by atoms with Crippen molar-refractivity contribution in [3.8, 4) is 0 Å². The lowest BCUT2D eigenvalue weighted by molar-refractivity contribution is 0.0929. The number of carbonyl (C=O) groups excluding carboxylic acids is 2. The fourth-order valence-electron chi connectivity index (χ4n) is 1.53. The maximum absolute atomic E-state index is 11.8. The third-order valence-electron chi connectivity index (χ3n) is 2.46. The monoisotopic (exact) mass is 256 g/mol. The van der Waals surface area contributed by atoms with Gasteiger partial charge in [-0.1, -0.05) is 23.2 Å². The van der Waals surface area contributed by atoms with E-state index in [1.165, 1.54) is 19.1 Å². The van der Waals surface area contributed by atoms with Crippen LogP contribution in [0.1, 0.15) is 27.6 Å². The second-order valence-electron chi connectivity index (χ2n) is 3.44. The summed E-state index contributed by atoms with van der Waals surface area (Å²) in [5.74, 6) is -1.55. The largest absolute Gasteiger partial charge is 0.504 e. The summed E-state index contributed by atoms with van der Waals surface area (Å²) in [6.45, 7) is 1.39. The van der Waals surface area contributed by atoms with Crippen molar-refractivity contribution in [1.82, 2.24) is 0 Å². The molecule has 0 atom stereocenters. The van der Waals surface area contributed by atoms with E-state index in [4.69, 9.17) is 23.2 Å². The van der Waals surface area contributed by atoms with Crippen LogP contribution in [0.4, 0.5) is 0 Å². The molecule has 1 aromatic carbocycles. The standard InChI is InChI=1S/C11H6Cl2O3/c1-4-9(14)5-2-7(12)8(13)3-6(5)11(16)10(4)15/h2-3,15H,1H3. The normalized spacial score (nSPS) is 15.4. The van der Waals surface area contributed by atoms with E-state index in [1.807, 2.05) is 0 Å². The van der Waals surface area contributed by atoms with Gasteiger partial charge in [-0.25, -0.2) is 0 Å². The second-order valence-corrected chi connectivity index (χ2v) is 4.26. The molecule has 1 aromatic rings. The molecule has 0 aromatic heterocycles. The lowest BCUT2D eigenvalue weighted by atomic mass is 9.89. The number of aliphatic hydroxyl groups is 1. The Morgan fingerprint density at radius 2 is 1.44 bits per heavy atom. The molecule has 1 aliphatic carbocycles. The molecule has 3 nitrogen and oxygen atoms in total. The topological polar surface area (TPSA) is 54.4 Å². The van der Waals surface area contributed by atoms with Gasteiger partial charge >= 0.3 is 0 Å². The highest BCUT2D eigenvalue weighted by Crippen LogP contribution is 2.31. The molecule has 0 spiro atoms. The number of halogens is 2. The van der Waals surface area contributed by atoms with Crippen LogP contribution in [0.3, 0.4) is 0 Å². The van der Waals surface area contributed by atoms with Crippen molar-refractivity contribution in [3.63, 3.8) is 0 Å². The van der Waals surface area contributed by atoms with E-state index in [-0.39, 0.29) is 26.7 Å². The van der Waals surface area contributed by atoms with Crippen LogP contribution in [-0.4, -0.2) is 16.7 Å². The van der Waals surface area contributed by atoms with Crippen molar-refractivity contribution in [2.24, 2.45) is 0 Å². The maximum atomic E-state index is 11.8. The summed E-state index contributed by atoms with van der Waals surface area (Å²) in [5, 5.41) is 9.84. The van der Waals surface area contributed by atoms with Gasteiger partial charge in [-0.3, -0.25) is 9.59 Å². The number of ketones is 2. The number of benzene rings is 1. The lowest BCUT2D eigenvalue weighted by Crippen LogP contribution is -2.20. The zero-order valence-electron chi connectivity index (χ0n) is 8.17. The molecule has 0 bridgehead atoms. The van der Waals surface area contributed by atoms with E-state index in [9.17, 15) is 14.7 Å². The van der Waals surface area contributed by atoms with Crippen molar-refractivity contribution >= 4 is 34.8 Å². The van der Waals surface area contributed by atoms with Gasteiger partial charge in [0, 0.05) is 16.7 Å². The van der Waals surface area contributed by atoms with Gasteiger partial charge in [0.25, 0.3) is 0 Å². The van der Waals surface area contributed by atoms with E-state index >= 15 is 0 Å². The minimum atomic E-state index is -0.606. The summed E-state index contributed by atoms with van der Waals surface area (Å²) < 4.78 is 0. The molecule has 1 aliphatic rings. The van der Waals surface area contributed by atoms with Crippen molar-refractivity contribution < 1.29 is 14.7 Å². The molecule has 2 rings (SSSR count). The van der Waals surface area contributed by atoms with E-state index in [2.05, 4.69) is 0 Å². The lowest BCUT2D eigenvalue weighted by Gasteiger charge is -2.15. The summed E-state index contributed by atoms with van der Waals surface area (Å²) in [6.07, 6.45) is 0. The number of Topliss-reactive ketones (excluding diaryl/α,β-unsaturated/α-hetero) is 2. The molecule has 5 heteroatoms. The van der Waals surface area contributed by atoms with E-state index < -0.39 is 17.3 Å². The maximum Gasteiger partial charge on any atom is 0.228 e. The quantitative estimate of drug-likeness (QED) is 0.776. The summed E-state index contributed by atoms with van der Waals surface area (Å²) in [5.41, 5.74) is 0.285. The predicted octanol–water partition coefficient (Wildman–Crippen LogP) is 3.20. The Balaban J connectivity index is 2.76. The average Bonchev–Trinajstić information content (AvgIpc) is 2.26. The second kappa shape index (κ2) is 3.61. The van der Waals surface area contributed by atoms with Crippen LogP contribution < -0.4 is 0 Å². The summed E-state index contributed by atoms with van der Waals surface area (Å²) >= 11 is 11.5. The van der Waals surface area contributed by atoms with Crippen LogP contribution in [-0.2, 0) is 0 Å². The molecule has 82 valence electrons. The van der Waals surface area contributed by atoms with Crippen molar-refractivity contribution in [2.45, 2.75) is 6.92 Å². The van der Waals surface area contributed by atoms with Crippen LogP contribution in [0.2, 0.25) is 10.0 Å². The van der Waals surface area contributed by atoms with Gasteiger partial charge in [-0.2, -0.15) is 0 Å². The van der Waals surface area contributed by atoms with E-state index in [0.29, 0.717) is 0 Å². The van der Waals surface area contributed by atoms with Crippen molar-refractivity contribution in [1.29, 1.82) is 0 Å². The number of carbonyl (C=O) groups is 2. The number of rotatable bonds is 0. The van der Waals surface area contributed by atoms with Crippen molar-refractivity contribution in [3.05, 3.63) is 44.6 Å². The summed E-state index contributed by atoms with van der Waals surface area (Å²) in [4.78, 5) is 23.4. The summed E-state index contributed by atoms with van der Waals surface area (Å²) in [7, 11) is 0. The molecule has 0 saturated heterocycles. The number of hydrogen-bond donors (Lipinski definition) is 1. The molecule has 0 saturated carbocycles. The van der Waals surface area contributed by atoms with Crippen LogP contribution in [0.5, 0.6) is 0 Å². The summed E-state index contributed by atoms with van der Waals surface area (Å²) in [6, 6.07) is 2.64. The predicted molar refractivity (Wildman–Crippen MR) is 60.5 cm³/mol. The SMILES string of the molecule is CC1=C(O)C(=O)c2cc(Cl)c(Cl)cc2C1=O. The Kier molecular flexibility index (Phi) is 2.52. The van der Waals surface area contributed by atoms with Gasteiger partial charge < -0.3 is 5.11 Å². The highest BCUT2D eigenvalue weighted by Gasteiger charge is 2.30. The third-order valence-corrected chi connectivity index (χ3v) is 3.18. The van der Waals surface area contributed by atoms with E-state index in [0.717, 1.165) is 0 Å². The van der Waals surface area contributed by atoms with Gasteiger partial charge in [0.05, 0.1) is 10.0 Å². The molecular weight excluding hydrogens is 251 g/mol. The average molecular weight is 257 g/mol. The first-order valence-electron chi connectivity index (χ1n) is 4.41. The molecule has 0 fully saturated rings. The first-order chi connectivity index (χ1) is 7.43. The minimum Gasteiger partial charge on any atom is -0.504 e. The molecular formula is C11H6Cl2O3. The fourth-order valence-corrected chi connectivity index (χ4v) is 1.86. The molecule has 0 radical (unpaired) electrons. The first-order valence-corrected chi connectivity index (χ1v) is 5.17. The van der Waals surface area contributed by atoms with E-state index in [1.54, 1.807) is 0 Å². The zero-order chi connectivity index (χ0) is 12.0. The van der Waals surface area contributed by atoms with Gasteiger partial charge in [0.2, 0.25) is 5.78 Å². The number of fused-ring (bicyclic) bond motifs is 1. The fraction of sp³-hybridized carbons (Fsp3) is 0.0909. The van der Waals surface area contributed by atoms with Gasteiger partial charge in [0.1, 0.15) is 0 Å². The highest BCUT2D eigenvalue weighted by molar-refractivity contribution is 6.43.